The van der Waals surface area contributed by atoms with Gasteiger partial charge in [0, 0.05) is 33.9 Å². The highest BCUT2D eigenvalue weighted by Gasteiger charge is 2.23. The summed E-state index contributed by atoms with van der Waals surface area (Å²) in [5, 5.41) is 4.76. The van der Waals surface area contributed by atoms with Crippen molar-refractivity contribution in [3.63, 3.8) is 0 Å². The van der Waals surface area contributed by atoms with E-state index < -0.39 is 0 Å². The zero-order valence-electron chi connectivity index (χ0n) is 30.4. The zero-order chi connectivity index (χ0) is 37.6. The van der Waals surface area contributed by atoms with Gasteiger partial charge in [-0.2, -0.15) is 0 Å². The fourth-order valence-electron chi connectivity index (χ4n) is 9.22. The van der Waals surface area contributed by atoms with Crippen LogP contribution in [-0.2, 0) is 0 Å². The van der Waals surface area contributed by atoms with Gasteiger partial charge in [0.2, 0.25) is 11.6 Å². The van der Waals surface area contributed by atoms with Gasteiger partial charge in [-0.05, 0) is 96.1 Å². The van der Waals surface area contributed by atoms with E-state index in [-0.39, 0.29) is 0 Å². The van der Waals surface area contributed by atoms with E-state index in [1.807, 2.05) is 24.5 Å². The molecule has 8 heterocycles. The fourth-order valence-corrected chi connectivity index (χ4v) is 11.5. The molecule has 0 atom stereocenters. The van der Waals surface area contributed by atoms with Crippen molar-refractivity contribution in [3.05, 3.63) is 158 Å². The molecule has 0 unspecified atom stereocenters. The largest absolute Gasteiger partial charge is 0.277 e. The number of hydrogen-bond donors (Lipinski definition) is 0. The molecule has 0 spiro atoms. The first-order valence-electron chi connectivity index (χ1n) is 19.1. The standard InChI is InChI=1S/C48H26N8S2/c1-3-15-35-33(13-1)51-47-53(35)41-25-27(19-21-37(41)55(47)39-17-5-9-29-31-11-7-23-49-45(31)57-43(29)39)28-20-22-38-42(26-28)54-36-16-4-2-14-34(36)52-48(54)56(38)40-18-6-10-30-32-12-8-24-50-46(32)58-44(30)40/h1-26H. The number of rotatable bonds is 3. The Morgan fingerprint density at radius 3 is 1.34 bits per heavy atom. The van der Waals surface area contributed by atoms with Gasteiger partial charge in [-0.25, -0.2) is 19.9 Å². The van der Waals surface area contributed by atoms with E-state index in [0.717, 1.165) is 87.9 Å². The van der Waals surface area contributed by atoms with Crippen molar-refractivity contribution in [3.8, 4) is 22.5 Å². The molecule has 0 radical (unpaired) electrons. The lowest BCUT2D eigenvalue weighted by Gasteiger charge is -2.09. The first-order valence-corrected chi connectivity index (χ1v) is 20.8. The summed E-state index contributed by atoms with van der Waals surface area (Å²) in [4.78, 5) is 22.0. The van der Waals surface area contributed by atoms with Gasteiger partial charge in [0.15, 0.2) is 0 Å². The normalized spacial score (nSPS) is 12.5. The summed E-state index contributed by atoms with van der Waals surface area (Å²) in [6, 6.07) is 52.0. The quantitative estimate of drug-likeness (QED) is 0.179. The molecule has 14 aromatic rings. The van der Waals surface area contributed by atoms with Crippen LogP contribution in [0.1, 0.15) is 0 Å². The van der Waals surface area contributed by atoms with E-state index in [0.29, 0.717) is 0 Å². The van der Waals surface area contributed by atoms with Crippen molar-refractivity contribution in [2.75, 3.05) is 0 Å². The number of nitrogens with zero attached hydrogens (tertiary/aromatic N) is 8. The van der Waals surface area contributed by atoms with E-state index >= 15 is 0 Å². The first kappa shape index (κ1) is 30.8. The number of thiophene rings is 2. The zero-order valence-corrected chi connectivity index (χ0v) is 32.0. The molecule has 0 aliphatic carbocycles. The Balaban J connectivity index is 1.03. The average Bonchev–Trinajstić information content (AvgIpc) is 4.11. The lowest BCUT2D eigenvalue weighted by atomic mass is 10.0. The van der Waals surface area contributed by atoms with Crippen LogP contribution >= 0.6 is 22.7 Å². The number of hydrogen-bond acceptors (Lipinski definition) is 6. The summed E-state index contributed by atoms with van der Waals surface area (Å²) in [5.74, 6) is 1.77. The molecular weight excluding hydrogens is 753 g/mol. The number of benzene rings is 6. The van der Waals surface area contributed by atoms with Gasteiger partial charge in [0.1, 0.15) is 9.66 Å². The predicted octanol–water partition coefficient (Wildman–Crippen LogP) is 12.4. The van der Waals surface area contributed by atoms with Crippen LogP contribution in [0.25, 0.3) is 119 Å². The summed E-state index contributed by atoms with van der Waals surface area (Å²) in [6.07, 6.45) is 3.75. The van der Waals surface area contributed by atoms with Crippen molar-refractivity contribution in [1.82, 2.24) is 37.9 Å². The minimum Gasteiger partial charge on any atom is -0.277 e. The Kier molecular flexibility index (Phi) is 5.91. The third-order valence-corrected chi connectivity index (χ3v) is 14.0. The van der Waals surface area contributed by atoms with E-state index in [4.69, 9.17) is 19.9 Å². The molecule has 14 rings (SSSR count). The van der Waals surface area contributed by atoms with Gasteiger partial charge in [-0.1, -0.05) is 60.7 Å². The van der Waals surface area contributed by atoms with Gasteiger partial charge in [0.25, 0.3) is 0 Å². The molecule has 6 aromatic carbocycles. The van der Waals surface area contributed by atoms with Gasteiger partial charge >= 0.3 is 0 Å². The second kappa shape index (κ2) is 11.1. The molecular formula is C48H26N8S2. The van der Waals surface area contributed by atoms with Crippen LogP contribution in [0.2, 0.25) is 0 Å². The van der Waals surface area contributed by atoms with Gasteiger partial charge < -0.3 is 0 Å². The highest BCUT2D eigenvalue weighted by Crippen LogP contribution is 2.42. The van der Waals surface area contributed by atoms with Gasteiger partial charge in [-0.3, -0.25) is 17.9 Å². The topological polar surface area (TPSA) is 70.2 Å². The lowest BCUT2D eigenvalue weighted by Crippen LogP contribution is -1.95. The smallest absolute Gasteiger partial charge is 0.220 e. The number of imidazole rings is 4. The molecule has 0 bridgehead atoms. The van der Waals surface area contributed by atoms with Crippen molar-refractivity contribution >= 4 is 119 Å². The Bertz CT molecular complexity index is 3800. The summed E-state index contributed by atoms with van der Waals surface area (Å²) in [7, 11) is 0. The van der Waals surface area contributed by atoms with Crippen LogP contribution in [-0.4, -0.2) is 37.9 Å². The van der Waals surface area contributed by atoms with Crippen molar-refractivity contribution in [1.29, 1.82) is 0 Å². The first-order chi connectivity index (χ1) is 28.8. The molecule has 0 N–H and O–H groups in total. The number of para-hydroxylation sites is 4. The lowest BCUT2D eigenvalue weighted by molar-refractivity contribution is 1.12. The molecule has 0 aliphatic rings. The van der Waals surface area contributed by atoms with Gasteiger partial charge in [-0.15, -0.1) is 22.7 Å². The second-order valence-corrected chi connectivity index (χ2v) is 16.8. The molecule has 0 amide bonds. The second-order valence-electron chi connectivity index (χ2n) is 14.8. The monoisotopic (exact) mass is 778 g/mol. The molecule has 0 saturated heterocycles. The SMILES string of the molecule is c1ccc2c(c1)nc1n(-c3cccc4c3sc3ncccc34)c3ccc(-c4ccc5c(c4)n4c6ccccc6nc4n5-c4cccc5c4sc4ncccc45)cc3n21. The summed E-state index contributed by atoms with van der Waals surface area (Å²) in [6.45, 7) is 0. The Morgan fingerprint density at radius 2 is 0.845 bits per heavy atom. The van der Waals surface area contributed by atoms with Gasteiger partial charge in [0.05, 0.1) is 64.9 Å². The predicted molar refractivity (Wildman–Crippen MR) is 239 cm³/mol. The van der Waals surface area contributed by atoms with Crippen LogP contribution in [0.4, 0.5) is 0 Å². The van der Waals surface area contributed by atoms with Crippen molar-refractivity contribution < 1.29 is 0 Å². The number of pyridine rings is 2. The maximum atomic E-state index is 5.26. The van der Waals surface area contributed by atoms with E-state index in [9.17, 15) is 0 Å². The molecule has 8 nitrogen and oxygen atoms in total. The Hall–Kier alpha value is -7.40. The average molecular weight is 779 g/mol. The fraction of sp³-hybridized carbons (Fsp3) is 0. The van der Waals surface area contributed by atoms with Crippen LogP contribution < -0.4 is 0 Å². The Morgan fingerprint density at radius 1 is 0.379 bits per heavy atom. The van der Waals surface area contributed by atoms with E-state index in [1.165, 1.54) is 30.9 Å². The van der Waals surface area contributed by atoms with Crippen LogP contribution in [0.3, 0.4) is 0 Å². The molecule has 0 fully saturated rings. The highest BCUT2D eigenvalue weighted by atomic mass is 32.1. The minimum atomic E-state index is 0.885. The molecule has 10 heteroatoms. The van der Waals surface area contributed by atoms with Crippen molar-refractivity contribution in [2.45, 2.75) is 0 Å². The summed E-state index contributed by atoms with van der Waals surface area (Å²) in [5.41, 5.74) is 12.9. The van der Waals surface area contributed by atoms with E-state index in [1.54, 1.807) is 22.7 Å². The van der Waals surface area contributed by atoms with Crippen LogP contribution in [0.5, 0.6) is 0 Å². The molecule has 8 aromatic heterocycles. The summed E-state index contributed by atoms with van der Waals surface area (Å²) < 4.78 is 11.7. The maximum Gasteiger partial charge on any atom is 0.220 e. The van der Waals surface area contributed by atoms with Crippen LogP contribution in [0, 0.1) is 0 Å². The molecule has 270 valence electrons. The molecule has 58 heavy (non-hydrogen) atoms. The third-order valence-electron chi connectivity index (χ3n) is 11.7. The third kappa shape index (κ3) is 3.97. The summed E-state index contributed by atoms with van der Waals surface area (Å²) >= 11 is 3.47. The molecule has 0 saturated carbocycles. The molecule has 0 aliphatic heterocycles. The Labute approximate surface area is 335 Å². The van der Waals surface area contributed by atoms with E-state index in [2.05, 4.69) is 151 Å². The number of fused-ring (bicyclic) bond motifs is 16. The minimum absolute atomic E-state index is 0.885. The highest BCUT2D eigenvalue weighted by molar-refractivity contribution is 7.26. The van der Waals surface area contributed by atoms with Crippen molar-refractivity contribution in [2.24, 2.45) is 0 Å². The number of aromatic nitrogens is 8. The maximum absolute atomic E-state index is 5.26. The van der Waals surface area contributed by atoms with Crippen LogP contribution in [0.15, 0.2) is 158 Å².